The van der Waals surface area contributed by atoms with Crippen LogP contribution in [0.1, 0.15) is 16.4 Å². The third kappa shape index (κ3) is 2.15. The van der Waals surface area contributed by atoms with Gasteiger partial charge >= 0.3 is 0 Å². The lowest BCUT2D eigenvalue weighted by molar-refractivity contribution is 0.811. The van der Waals surface area contributed by atoms with Gasteiger partial charge in [-0.15, -0.1) is 21.5 Å². The first kappa shape index (κ1) is 10.1. The van der Waals surface area contributed by atoms with Crippen molar-refractivity contribution in [1.82, 2.24) is 19.7 Å². The largest absolute Gasteiger partial charge is 0.354 e. The van der Waals surface area contributed by atoms with Gasteiger partial charge in [-0.3, -0.25) is 0 Å². The number of thiazole rings is 1. The molecule has 0 fully saturated rings. The Morgan fingerprint density at radius 3 is 2.80 bits per heavy atom. The lowest BCUT2D eigenvalue weighted by Gasteiger charge is -2.00. The second-order valence-electron chi connectivity index (χ2n) is 3.37. The number of aryl methyl sites for hydroxylation is 3. The van der Waals surface area contributed by atoms with Crippen LogP contribution in [0.25, 0.3) is 0 Å². The molecule has 0 atom stereocenters. The summed E-state index contributed by atoms with van der Waals surface area (Å²) in [4.78, 5) is 5.64. The second kappa shape index (κ2) is 3.98. The van der Waals surface area contributed by atoms with Gasteiger partial charge in [0.15, 0.2) is 11.0 Å². The maximum absolute atomic E-state index is 4.39. The van der Waals surface area contributed by atoms with Gasteiger partial charge in [0.2, 0.25) is 0 Å². The minimum absolute atomic E-state index is 0.656. The van der Waals surface area contributed by atoms with Crippen molar-refractivity contribution >= 4 is 16.5 Å². The molecule has 0 aliphatic rings. The van der Waals surface area contributed by atoms with E-state index in [2.05, 4.69) is 27.4 Å². The van der Waals surface area contributed by atoms with Crippen LogP contribution >= 0.6 is 11.3 Å². The fourth-order valence-electron chi connectivity index (χ4n) is 1.17. The van der Waals surface area contributed by atoms with E-state index in [1.807, 2.05) is 18.5 Å². The fraction of sp³-hybridized carbons (Fsp3) is 0.444. The summed E-state index contributed by atoms with van der Waals surface area (Å²) in [5.41, 5.74) is 1.08. The van der Waals surface area contributed by atoms with Crippen LogP contribution in [0.5, 0.6) is 0 Å². The summed E-state index contributed by atoms with van der Waals surface area (Å²) < 4.78 is 1.89. The quantitative estimate of drug-likeness (QED) is 0.856. The first-order chi connectivity index (χ1) is 7.16. The van der Waals surface area contributed by atoms with E-state index in [0.29, 0.717) is 6.54 Å². The maximum Gasteiger partial charge on any atom is 0.183 e. The Labute approximate surface area is 92.2 Å². The van der Waals surface area contributed by atoms with Crippen LogP contribution in [0, 0.1) is 13.8 Å². The molecule has 0 saturated carbocycles. The Bertz CT molecular complexity index is 439. The molecule has 0 spiro atoms. The van der Waals surface area contributed by atoms with Crippen molar-refractivity contribution in [3.05, 3.63) is 22.7 Å². The van der Waals surface area contributed by atoms with E-state index in [-0.39, 0.29) is 0 Å². The molecule has 2 aromatic rings. The Hall–Kier alpha value is -1.43. The molecule has 0 aliphatic heterocycles. The van der Waals surface area contributed by atoms with Crippen molar-refractivity contribution < 1.29 is 0 Å². The highest BCUT2D eigenvalue weighted by Gasteiger charge is 2.04. The highest BCUT2D eigenvalue weighted by molar-refractivity contribution is 7.15. The van der Waals surface area contributed by atoms with Crippen LogP contribution in [-0.4, -0.2) is 19.7 Å². The Balaban J connectivity index is 2.02. The van der Waals surface area contributed by atoms with E-state index in [1.165, 1.54) is 4.88 Å². The first-order valence-corrected chi connectivity index (χ1v) is 5.49. The molecule has 0 saturated heterocycles. The van der Waals surface area contributed by atoms with Crippen LogP contribution in [0.2, 0.25) is 0 Å². The maximum atomic E-state index is 4.39. The lowest BCUT2D eigenvalue weighted by atomic mass is 10.4. The van der Waals surface area contributed by atoms with Crippen molar-refractivity contribution in [2.24, 2.45) is 7.05 Å². The van der Waals surface area contributed by atoms with E-state index in [4.69, 9.17) is 0 Å². The van der Waals surface area contributed by atoms with E-state index < -0.39 is 0 Å². The number of anilines is 1. The number of hydrogen-bond acceptors (Lipinski definition) is 5. The van der Waals surface area contributed by atoms with Gasteiger partial charge in [0.05, 0.1) is 12.2 Å². The van der Waals surface area contributed by atoms with Crippen LogP contribution in [0.3, 0.4) is 0 Å². The summed E-state index contributed by atoms with van der Waals surface area (Å²) in [5.74, 6) is 0.903. The Morgan fingerprint density at radius 2 is 2.27 bits per heavy atom. The Morgan fingerprint density at radius 1 is 1.47 bits per heavy atom. The van der Waals surface area contributed by atoms with Crippen molar-refractivity contribution in [2.45, 2.75) is 20.4 Å². The summed E-state index contributed by atoms with van der Waals surface area (Å²) >= 11 is 1.66. The zero-order valence-corrected chi connectivity index (χ0v) is 9.80. The average molecular weight is 223 g/mol. The SMILES string of the molecule is Cc1nc(NCc2nncn2C)sc1C. The van der Waals surface area contributed by atoms with Gasteiger partial charge in [-0.2, -0.15) is 0 Å². The summed E-state index contributed by atoms with van der Waals surface area (Å²) in [6.07, 6.45) is 1.69. The van der Waals surface area contributed by atoms with Crippen LogP contribution < -0.4 is 5.32 Å². The van der Waals surface area contributed by atoms with Crippen LogP contribution in [0.15, 0.2) is 6.33 Å². The third-order valence-corrected chi connectivity index (χ3v) is 3.26. The summed E-state index contributed by atoms with van der Waals surface area (Å²) in [6.45, 7) is 4.74. The van der Waals surface area contributed by atoms with Crippen molar-refractivity contribution in [3.63, 3.8) is 0 Å². The van der Waals surface area contributed by atoms with Gasteiger partial charge in [-0.25, -0.2) is 4.98 Å². The number of nitrogens with zero attached hydrogens (tertiary/aromatic N) is 4. The van der Waals surface area contributed by atoms with Crippen LogP contribution in [-0.2, 0) is 13.6 Å². The average Bonchev–Trinajstić information content (AvgIpc) is 2.72. The first-order valence-electron chi connectivity index (χ1n) is 4.67. The molecule has 1 N–H and O–H groups in total. The molecular weight excluding hydrogens is 210 g/mol. The molecule has 2 heterocycles. The van der Waals surface area contributed by atoms with Crippen molar-refractivity contribution in [2.75, 3.05) is 5.32 Å². The van der Waals surface area contributed by atoms with E-state index in [9.17, 15) is 0 Å². The summed E-state index contributed by atoms with van der Waals surface area (Å²) in [5, 5.41) is 12.0. The zero-order chi connectivity index (χ0) is 10.8. The molecule has 2 rings (SSSR count). The normalized spacial score (nSPS) is 10.6. The predicted octanol–water partition coefficient (Wildman–Crippen LogP) is 1.50. The lowest BCUT2D eigenvalue weighted by Crippen LogP contribution is -2.05. The van der Waals surface area contributed by atoms with Crippen molar-refractivity contribution in [3.8, 4) is 0 Å². The van der Waals surface area contributed by atoms with Crippen molar-refractivity contribution in [1.29, 1.82) is 0 Å². The molecule has 80 valence electrons. The minimum Gasteiger partial charge on any atom is -0.354 e. The molecule has 0 unspecified atom stereocenters. The predicted molar refractivity (Wildman–Crippen MR) is 59.9 cm³/mol. The standard InChI is InChI=1S/C9H13N5S/c1-6-7(2)15-9(12-6)10-4-8-13-11-5-14(8)3/h5H,4H2,1-3H3,(H,10,12). The highest BCUT2D eigenvalue weighted by Crippen LogP contribution is 2.21. The molecule has 0 amide bonds. The fourth-order valence-corrected chi connectivity index (χ4v) is 1.98. The van der Waals surface area contributed by atoms with E-state index in [0.717, 1.165) is 16.6 Å². The number of nitrogens with one attached hydrogen (secondary N) is 1. The third-order valence-electron chi connectivity index (χ3n) is 2.23. The molecule has 2 aromatic heterocycles. The van der Waals surface area contributed by atoms with Gasteiger partial charge in [-0.05, 0) is 13.8 Å². The molecule has 0 aromatic carbocycles. The topological polar surface area (TPSA) is 55.6 Å². The molecule has 0 radical (unpaired) electrons. The van der Waals surface area contributed by atoms with E-state index in [1.54, 1.807) is 17.7 Å². The van der Waals surface area contributed by atoms with Gasteiger partial charge in [0.25, 0.3) is 0 Å². The molecule has 15 heavy (non-hydrogen) atoms. The number of rotatable bonds is 3. The minimum atomic E-state index is 0.656. The summed E-state index contributed by atoms with van der Waals surface area (Å²) in [6, 6.07) is 0. The molecule has 0 aliphatic carbocycles. The molecular formula is C9H13N5S. The van der Waals surface area contributed by atoms with Gasteiger partial charge in [-0.1, -0.05) is 0 Å². The second-order valence-corrected chi connectivity index (χ2v) is 4.58. The number of hydrogen-bond donors (Lipinski definition) is 1. The number of aromatic nitrogens is 4. The smallest absolute Gasteiger partial charge is 0.183 e. The highest BCUT2D eigenvalue weighted by atomic mass is 32.1. The molecule has 6 heteroatoms. The van der Waals surface area contributed by atoms with Gasteiger partial charge < -0.3 is 9.88 Å². The summed E-state index contributed by atoms with van der Waals surface area (Å²) in [7, 11) is 1.93. The van der Waals surface area contributed by atoms with E-state index >= 15 is 0 Å². The zero-order valence-electron chi connectivity index (χ0n) is 8.98. The molecule has 0 bridgehead atoms. The monoisotopic (exact) mass is 223 g/mol. The Kier molecular flexibility index (Phi) is 2.68. The van der Waals surface area contributed by atoms with Crippen LogP contribution in [0.4, 0.5) is 5.13 Å². The van der Waals surface area contributed by atoms with Gasteiger partial charge in [0.1, 0.15) is 6.33 Å². The molecule has 5 nitrogen and oxygen atoms in total. The van der Waals surface area contributed by atoms with Gasteiger partial charge in [0, 0.05) is 11.9 Å².